The van der Waals surface area contributed by atoms with Crippen LogP contribution in [0, 0.1) is 12.7 Å². The molecule has 0 aromatic carbocycles. The minimum atomic E-state index is -0.508. The monoisotopic (exact) mass is 398 g/mol. The molecule has 9 heteroatoms. The molecule has 0 spiro atoms. The van der Waals surface area contributed by atoms with Crippen molar-refractivity contribution in [2.75, 3.05) is 12.4 Å². The zero-order chi connectivity index (χ0) is 20.4. The lowest BCUT2D eigenvalue weighted by atomic mass is 9.91. The van der Waals surface area contributed by atoms with Crippen LogP contribution in [0.4, 0.5) is 15.0 Å². The predicted octanol–water partition coefficient (Wildman–Crippen LogP) is 3.55. The number of rotatable bonds is 4. The van der Waals surface area contributed by atoms with E-state index >= 15 is 0 Å². The number of aromatic amines is 1. The molecule has 152 valence electrons. The van der Waals surface area contributed by atoms with Crippen molar-refractivity contribution < 1.29 is 13.9 Å². The molecular weight excluding hydrogens is 375 g/mol. The summed E-state index contributed by atoms with van der Waals surface area (Å²) in [5.74, 6) is 0.0761. The Bertz CT molecular complexity index is 1040. The van der Waals surface area contributed by atoms with E-state index in [1.165, 1.54) is 13.3 Å². The zero-order valence-electron chi connectivity index (χ0n) is 16.3. The number of hydrogen-bond donors (Lipinski definition) is 3. The quantitative estimate of drug-likeness (QED) is 0.621. The number of amides is 1. The second kappa shape index (κ2) is 8.02. The van der Waals surface area contributed by atoms with Gasteiger partial charge in [0, 0.05) is 35.4 Å². The van der Waals surface area contributed by atoms with Crippen LogP contribution in [-0.4, -0.2) is 45.2 Å². The van der Waals surface area contributed by atoms with E-state index in [0.717, 1.165) is 41.4 Å². The van der Waals surface area contributed by atoms with Gasteiger partial charge >= 0.3 is 6.09 Å². The number of hydrogen-bond acceptors (Lipinski definition) is 6. The third-order valence-electron chi connectivity index (χ3n) is 5.18. The van der Waals surface area contributed by atoms with Gasteiger partial charge in [-0.25, -0.2) is 24.1 Å². The van der Waals surface area contributed by atoms with E-state index in [9.17, 15) is 9.18 Å². The maximum Gasteiger partial charge on any atom is 0.407 e. The number of carbonyl (C=O) groups excluding carboxylic acids is 1. The van der Waals surface area contributed by atoms with Crippen LogP contribution in [0.15, 0.2) is 24.7 Å². The predicted molar refractivity (Wildman–Crippen MR) is 107 cm³/mol. The number of nitrogens with one attached hydrogen (secondary N) is 3. The second-order valence-electron chi connectivity index (χ2n) is 7.34. The van der Waals surface area contributed by atoms with Gasteiger partial charge in [0.15, 0.2) is 17.5 Å². The van der Waals surface area contributed by atoms with Crippen molar-refractivity contribution in [2.45, 2.75) is 44.7 Å². The zero-order valence-corrected chi connectivity index (χ0v) is 16.3. The van der Waals surface area contributed by atoms with E-state index < -0.39 is 11.9 Å². The summed E-state index contributed by atoms with van der Waals surface area (Å²) in [5.41, 5.74) is 2.52. The SMILES string of the molecule is COC(=O)N[C@H]1CCC[C@@H](Nc2nc(-c3c[nH]c4ncc(C)cc34)ncc2F)C1. The van der Waals surface area contributed by atoms with Crippen LogP contribution >= 0.6 is 0 Å². The summed E-state index contributed by atoms with van der Waals surface area (Å²) in [6.07, 6.45) is 7.62. The van der Waals surface area contributed by atoms with Gasteiger partial charge < -0.3 is 20.4 Å². The molecule has 3 heterocycles. The average molecular weight is 398 g/mol. The number of anilines is 1. The van der Waals surface area contributed by atoms with Crippen molar-refractivity contribution in [3.63, 3.8) is 0 Å². The molecule has 0 radical (unpaired) electrons. The lowest BCUT2D eigenvalue weighted by Gasteiger charge is -2.30. The summed E-state index contributed by atoms with van der Waals surface area (Å²) in [4.78, 5) is 27.5. The Kier molecular flexibility index (Phi) is 5.28. The van der Waals surface area contributed by atoms with E-state index in [4.69, 9.17) is 0 Å². The van der Waals surface area contributed by atoms with Crippen molar-refractivity contribution in [1.82, 2.24) is 25.3 Å². The van der Waals surface area contributed by atoms with Crippen LogP contribution in [0.1, 0.15) is 31.2 Å². The highest BCUT2D eigenvalue weighted by Crippen LogP contribution is 2.28. The van der Waals surface area contributed by atoms with Crippen LogP contribution in [0.5, 0.6) is 0 Å². The first kappa shape index (κ1) is 19.1. The fraction of sp³-hybridized carbons (Fsp3) is 0.400. The number of fused-ring (bicyclic) bond motifs is 1. The topological polar surface area (TPSA) is 105 Å². The first-order valence-corrected chi connectivity index (χ1v) is 9.61. The van der Waals surface area contributed by atoms with Gasteiger partial charge in [0.2, 0.25) is 0 Å². The third kappa shape index (κ3) is 4.13. The van der Waals surface area contributed by atoms with Crippen LogP contribution in [0.3, 0.4) is 0 Å². The lowest BCUT2D eigenvalue weighted by molar-refractivity contribution is 0.162. The molecule has 29 heavy (non-hydrogen) atoms. The summed E-state index contributed by atoms with van der Waals surface area (Å²) in [6.45, 7) is 1.96. The van der Waals surface area contributed by atoms with Crippen molar-refractivity contribution in [3.05, 3.63) is 36.0 Å². The number of aromatic nitrogens is 4. The molecule has 3 aromatic rings. The van der Waals surface area contributed by atoms with Gasteiger partial charge in [-0.1, -0.05) is 0 Å². The highest BCUT2D eigenvalue weighted by atomic mass is 19.1. The summed E-state index contributed by atoms with van der Waals surface area (Å²) in [7, 11) is 1.34. The Morgan fingerprint density at radius 3 is 2.93 bits per heavy atom. The number of halogens is 1. The number of alkyl carbamates (subject to hydrolysis) is 1. The highest BCUT2D eigenvalue weighted by Gasteiger charge is 2.25. The maximum absolute atomic E-state index is 14.4. The second-order valence-corrected chi connectivity index (χ2v) is 7.34. The standard InChI is InChI=1S/C20H23FN6O2/c1-11-6-14-15(9-23-17(14)22-8-11)18-24-10-16(21)19(27-18)25-12-4-3-5-13(7-12)26-20(28)29-2/h6,8-10,12-13H,3-5,7H2,1-2H3,(H,22,23)(H,26,28)(H,24,25,27)/t12-,13+/m1/s1. The molecule has 3 N–H and O–H groups in total. The highest BCUT2D eigenvalue weighted by molar-refractivity contribution is 5.92. The Hall–Kier alpha value is -3.23. The van der Waals surface area contributed by atoms with E-state index in [1.54, 1.807) is 12.4 Å². The lowest BCUT2D eigenvalue weighted by Crippen LogP contribution is -2.41. The smallest absolute Gasteiger partial charge is 0.407 e. The van der Waals surface area contributed by atoms with Gasteiger partial charge in [-0.3, -0.25) is 0 Å². The Labute approximate surface area is 167 Å². The van der Waals surface area contributed by atoms with E-state index in [-0.39, 0.29) is 17.9 Å². The normalized spacial score (nSPS) is 19.1. The molecule has 4 rings (SSSR count). The van der Waals surface area contributed by atoms with Crippen LogP contribution < -0.4 is 10.6 Å². The molecular formula is C20H23FN6O2. The van der Waals surface area contributed by atoms with Crippen molar-refractivity contribution in [3.8, 4) is 11.4 Å². The van der Waals surface area contributed by atoms with E-state index in [1.807, 2.05) is 13.0 Å². The number of H-pyrrole nitrogens is 1. The Morgan fingerprint density at radius 1 is 1.28 bits per heavy atom. The average Bonchev–Trinajstić information content (AvgIpc) is 3.13. The van der Waals surface area contributed by atoms with Gasteiger partial charge in [0.1, 0.15) is 5.65 Å². The number of pyridine rings is 1. The first-order chi connectivity index (χ1) is 14.0. The summed E-state index contributed by atoms with van der Waals surface area (Å²) < 4.78 is 19.1. The Balaban J connectivity index is 1.55. The minimum Gasteiger partial charge on any atom is -0.453 e. The van der Waals surface area contributed by atoms with Gasteiger partial charge in [-0.15, -0.1) is 0 Å². The molecule has 3 aromatic heterocycles. The first-order valence-electron chi connectivity index (χ1n) is 9.61. The molecule has 0 bridgehead atoms. The number of aryl methyl sites for hydroxylation is 1. The molecule has 1 saturated carbocycles. The number of methoxy groups -OCH3 is 1. The van der Waals surface area contributed by atoms with Gasteiger partial charge in [-0.05, 0) is 44.2 Å². The van der Waals surface area contributed by atoms with Crippen LogP contribution in [0.2, 0.25) is 0 Å². The van der Waals surface area contributed by atoms with Gasteiger partial charge in [0.05, 0.1) is 13.3 Å². The number of nitrogens with zero attached hydrogens (tertiary/aromatic N) is 3. The van der Waals surface area contributed by atoms with Crippen molar-refractivity contribution >= 4 is 22.9 Å². The fourth-order valence-electron chi connectivity index (χ4n) is 3.76. The summed E-state index contributed by atoms with van der Waals surface area (Å²) in [5, 5.41) is 6.90. The van der Waals surface area contributed by atoms with E-state index in [0.29, 0.717) is 12.2 Å². The third-order valence-corrected chi connectivity index (χ3v) is 5.18. The molecule has 1 amide bonds. The molecule has 1 aliphatic carbocycles. The fourth-order valence-corrected chi connectivity index (χ4v) is 3.76. The summed E-state index contributed by atoms with van der Waals surface area (Å²) >= 11 is 0. The number of carbonyl (C=O) groups is 1. The number of ether oxygens (including phenoxy) is 1. The van der Waals surface area contributed by atoms with Crippen molar-refractivity contribution in [1.29, 1.82) is 0 Å². The maximum atomic E-state index is 14.4. The molecule has 1 aliphatic rings. The summed E-state index contributed by atoms with van der Waals surface area (Å²) in [6, 6.07) is 1.98. The molecule has 0 aliphatic heterocycles. The molecule has 1 fully saturated rings. The van der Waals surface area contributed by atoms with Gasteiger partial charge in [-0.2, -0.15) is 0 Å². The molecule has 8 nitrogen and oxygen atoms in total. The molecule has 0 unspecified atom stereocenters. The van der Waals surface area contributed by atoms with Crippen LogP contribution in [-0.2, 0) is 4.74 Å². The van der Waals surface area contributed by atoms with Crippen molar-refractivity contribution in [2.24, 2.45) is 0 Å². The minimum absolute atomic E-state index is 0.00460. The molecule has 2 atom stereocenters. The van der Waals surface area contributed by atoms with Gasteiger partial charge in [0.25, 0.3) is 0 Å². The van der Waals surface area contributed by atoms with Crippen LogP contribution in [0.25, 0.3) is 22.4 Å². The van der Waals surface area contributed by atoms with E-state index in [2.05, 4.69) is 35.3 Å². The molecule has 0 saturated heterocycles. The Morgan fingerprint density at radius 2 is 2.10 bits per heavy atom. The largest absolute Gasteiger partial charge is 0.453 e.